The van der Waals surface area contributed by atoms with Gasteiger partial charge in [0.15, 0.2) is 0 Å². The summed E-state index contributed by atoms with van der Waals surface area (Å²) in [5.74, 6) is -0.926. The van der Waals surface area contributed by atoms with Crippen LogP contribution in [0.15, 0.2) is 21.7 Å². The number of amides is 2. The molecule has 0 aliphatic heterocycles. The van der Waals surface area contributed by atoms with Gasteiger partial charge in [0.25, 0.3) is 0 Å². The molecule has 0 heterocycles. The summed E-state index contributed by atoms with van der Waals surface area (Å²) in [5.41, 5.74) is 4.93. The van der Waals surface area contributed by atoms with Crippen LogP contribution < -0.4 is 11.2 Å². The molecular formula is C9H6BrF4N3O. The zero-order valence-corrected chi connectivity index (χ0v) is 10.1. The molecule has 0 aliphatic carbocycles. The van der Waals surface area contributed by atoms with Gasteiger partial charge in [-0.15, -0.1) is 0 Å². The lowest BCUT2D eigenvalue weighted by Crippen LogP contribution is -2.24. The van der Waals surface area contributed by atoms with E-state index in [0.717, 1.165) is 6.21 Å². The van der Waals surface area contributed by atoms with Gasteiger partial charge >= 0.3 is 12.2 Å². The van der Waals surface area contributed by atoms with Crippen LogP contribution in [0.3, 0.4) is 0 Å². The Balaban J connectivity index is 3.19. The van der Waals surface area contributed by atoms with Gasteiger partial charge in [-0.25, -0.2) is 14.6 Å². The van der Waals surface area contributed by atoms with Crippen molar-refractivity contribution in [3.63, 3.8) is 0 Å². The third kappa shape index (κ3) is 3.42. The van der Waals surface area contributed by atoms with Crippen LogP contribution in [-0.2, 0) is 6.18 Å². The van der Waals surface area contributed by atoms with E-state index < -0.39 is 33.6 Å². The van der Waals surface area contributed by atoms with Crippen molar-refractivity contribution in [1.82, 2.24) is 5.43 Å². The standard InChI is InChI=1S/C9H6BrF4N3O/c10-7-4(3-16-17-8(15)18)6(11)2-1-5(7)9(12,13)14/h1-3H,(H3,15,17,18). The highest BCUT2D eigenvalue weighted by atomic mass is 79.9. The van der Waals surface area contributed by atoms with Crippen LogP contribution in [0.1, 0.15) is 11.1 Å². The third-order valence-electron chi connectivity index (χ3n) is 1.80. The van der Waals surface area contributed by atoms with Gasteiger partial charge in [-0.1, -0.05) is 0 Å². The molecule has 0 saturated heterocycles. The smallest absolute Gasteiger partial charge is 0.350 e. The minimum absolute atomic E-state index is 0.446. The number of nitrogens with zero attached hydrogens (tertiary/aromatic N) is 1. The van der Waals surface area contributed by atoms with Crippen molar-refractivity contribution in [2.45, 2.75) is 6.18 Å². The lowest BCUT2D eigenvalue weighted by molar-refractivity contribution is -0.138. The Labute approximate surface area is 107 Å². The first-order chi connectivity index (χ1) is 8.23. The van der Waals surface area contributed by atoms with Crippen molar-refractivity contribution in [3.8, 4) is 0 Å². The topological polar surface area (TPSA) is 67.5 Å². The number of urea groups is 1. The predicted octanol–water partition coefficient (Wildman–Crippen LogP) is 2.61. The fourth-order valence-electron chi connectivity index (χ4n) is 1.07. The molecule has 0 saturated carbocycles. The summed E-state index contributed by atoms with van der Waals surface area (Å²) in [6.07, 6.45) is -3.91. The molecule has 0 aliphatic rings. The van der Waals surface area contributed by atoms with Gasteiger partial charge in [0.2, 0.25) is 0 Å². The first-order valence-corrected chi connectivity index (χ1v) is 5.16. The Morgan fingerprint density at radius 2 is 2.06 bits per heavy atom. The van der Waals surface area contributed by atoms with E-state index in [4.69, 9.17) is 0 Å². The largest absolute Gasteiger partial charge is 0.417 e. The Morgan fingerprint density at radius 1 is 1.44 bits per heavy atom. The molecule has 18 heavy (non-hydrogen) atoms. The van der Waals surface area contributed by atoms with E-state index in [1.54, 1.807) is 5.43 Å². The minimum Gasteiger partial charge on any atom is -0.350 e. The number of nitrogens with two attached hydrogens (primary N) is 1. The van der Waals surface area contributed by atoms with E-state index in [-0.39, 0.29) is 0 Å². The SMILES string of the molecule is NC(=O)NN=Cc1c(F)ccc(C(F)(F)F)c1Br. The summed E-state index contributed by atoms with van der Waals surface area (Å²) in [7, 11) is 0. The van der Waals surface area contributed by atoms with Gasteiger partial charge in [-0.2, -0.15) is 18.3 Å². The number of benzene rings is 1. The van der Waals surface area contributed by atoms with Crippen molar-refractivity contribution in [1.29, 1.82) is 0 Å². The lowest BCUT2D eigenvalue weighted by atomic mass is 10.1. The highest BCUT2D eigenvalue weighted by molar-refractivity contribution is 9.10. The van der Waals surface area contributed by atoms with Crippen LogP contribution >= 0.6 is 15.9 Å². The first kappa shape index (κ1) is 14.4. The number of hydrazone groups is 1. The van der Waals surface area contributed by atoms with Crippen molar-refractivity contribution >= 4 is 28.2 Å². The van der Waals surface area contributed by atoms with E-state index in [1.165, 1.54) is 0 Å². The van der Waals surface area contributed by atoms with Crippen molar-refractivity contribution < 1.29 is 22.4 Å². The van der Waals surface area contributed by atoms with Gasteiger partial charge in [-0.05, 0) is 28.1 Å². The van der Waals surface area contributed by atoms with Crippen LogP contribution in [0.5, 0.6) is 0 Å². The van der Waals surface area contributed by atoms with Crippen molar-refractivity contribution in [2.75, 3.05) is 0 Å². The molecule has 0 spiro atoms. The number of nitrogens with one attached hydrogen (secondary N) is 1. The summed E-state index contributed by atoms with van der Waals surface area (Å²) in [4.78, 5) is 10.3. The van der Waals surface area contributed by atoms with Gasteiger partial charge in [-0.3, -0.25) is 0 Å². The van der Waals surface area contributed by atoms with Crippen LogP contribution in [-0.4, -0.2) is 12.2 Å². The molecule has 3 N–H and O–H groups in total. The van der Waals surface area contributed by atoms with Crippen LogP contribution in [0.4, 0.5) is 22.4 Å². The van der Waals surface area contributed by atoms with E-state index in [1.807, 2.05) is 0 Å². The Kier molecular flexibility index (Phi) is 4.28. The Bertz CT molecular complexity index is 501. The second-order valence-corrected chi connectivity index (χ2v) is 3.85. The molecule has 0 bridgehead atoms. The monoisotopic (exact) mass is 327 g/mol. The number of primary amides is 1. The number of rotatable bonds is 2. The number of hydrogen-bond donors (Lipinski definition) is 2. The van der Waals surface area contributed by atoms with E-state index >= 15 is 0 Å². The van der Waals surface area contributed by atoms with Crippen LogP contribution in [0.25, 0.3) is 0 Å². The molecule has 0 radical (unpaired) electrons. The molecule has 4 nitrogen and oxygen atoms in total. The zero-order valence-electron chi connectivity index (χ0n) is 8.55. The molecule has 9 heteroatoms. The van der Waals surface area contributed by atoms with E-state index in [2.05, 4.69) is 26.8 Å². The fraction of sp³-hybridized carbons (Fsp3) is 0.111. The summed E-state index contributed by atoms with van der Waals surface area (Å²) < 4.78 is 50.4. The van der Waals surface area contributed by atoms with Gasteiger partial charge in [0.05, 0.1) is 11.8 Å². The third-order valence-corrected chi connectivity index (χ3v) is 2.65. The summed E-state index contributed by atoms with van der Waals surface area (Å²) in [6.45, 7) is 0. The van der Waals surface area contributed by atoms with Crippen LogP contribution in [0, 0.1) is 5.82 Å². The highest BCUT2D eigenvalue weighted by Gasteiger charge is 2.34. The predicted molar refractivity (Wildman–Crippen MR) is 59.4 cm³/mol. The normalized spacial score (nSPS) is 11.8. The van der Waals surface area contributed by atoms with Crippen LogP contribution in [0.2, 0.25) is 0 Å². The van der Waals surface area contributed by atoms with Crippen molar-refractivity contribution in [3.05, 3.63) is 33.5 Å². The lowest BCUT2D eigenvalue weighted by Gasteiger charge is -2.11. The highest BCUT2D eigenvalue weighted by Crippen LogP contribution is 2.36. The Hall–Kier alpha value is -1.64. The number of halogens is 5. The second kappa shape index (κ2) is 5.34. The van der Waals surface area contributed by atoms with Crippen molar-refractivity contribution in [2.24, 2.45) is 10.8 Å². The maximum atomic E-state index is 13.3. The molecule has 2 amide bonds. The maximum absolute atomic E-state index is 13.3. The van der Waals surface area contributed by atoms with E-state index in [9.17, 15) is 22.4 Å². The number of carbonyl (C=O) groups excluding carboxylic acids is 1. The summed E-state index contributed by atoms with van der Waals surface area (Å²) >= 11 is 2.64. The molecule has 0 fully saturated rings. The maximum Gasteiger partial charge on any atom is 0.417 e. The zero-order chi connectivity index (χ0) is 13.9. The van der Waals surface area contributed by atoms with Gasteiger partial charge in [0.1, 0.15) is 5.82 Å². The van der Waals surface area contributed by atoms with Gasteiger partial charge in [0, 0.05) is 10.0 Å². The summed E-state index contributed by atoms with van der Waals surface area (Å²) in [6, 6.07) is 0.229. The molecule has 0 unspecified atom stereocenters. The Morgan fingerprint density at radius 3 is 2.56 bits per heavy atom. The molecule has 1 aromatic carbocycles. The summed E-state index contributed by atoms with van der Waals surface area (Å²) in [5, 5.41) is 3.20. The van der Waals surface area contributed by atoms with E-state index in [0.29, 0.717) is 12.1 Å². The minimum atomic E-state index is -4.63. The number of alkyl halides is 3. The molecular weight excluding hydrogens is 322 g/mol. The molecule has 1 aromatic rings. The first-order valence-electron chi connectivity index (χ1n) is 4.37. The second-order valence-electron chi connectivity index (χ2n) is 3.05. The molecule has 98 valence electrons. The average molecular weight is 328 g/mol. The number of hydrogen-bond acceptors (Lipinski definition) is 2. The number of carbonyl (C=O) groups is 1. The molecule has 0 aromatic heterocycles. The molecule has 1 rings (SSSR count). The average Bonchev–Trinajstić information content (AvgIpc) is 2.20. The quantitative estimate of drug-likeness (QED) is 0.489. The fourth-order valence-corrected chi connectivity index (χ4v) is 1.72. The van der Waals surface area contributed by atoms with Gasteiger partial charge < -0.3 is 5.73 Å². The molecule has 0 atom stereocenters.